The van der Waals surface area contributed by atoms with Crippen LogP contribution in [0.3, 0.4) is 0 Å². The van der Waals surface area contributed by atoms with Crippen molar-refractivity contribution in [2.45, 2.75) is 44.1 Å². The first-order chi connectivity index (χ1) is 11.8. The van der Waals surface area contributed by atoms with Crippen molar-refractivity contribution in [3.8, 4) is 0 Å². The molecule has 0 radical (unpaired) electrons. The molecule has 24 heavy (non-hydrogen) atoms. The summed E-state index contributed by atoms with van der Waals surface area (Å²) in [5, 5.41) is 0. The molecule has 2 aliphatic heterocycles. The molecule has 2 aromatic rings. The van der Waals surface area contributed by atoms with Crippen LogP contribution in [0, 0.1) is 0 Å². The van der Waals surface area contributed by atoms with Crippen molar-refractivity contribution < 1.29 is 13.9 Å². The average Bonchev–Trinajstić information content (AvgIpc) is 3.27. The molecule has 1 aromatic heterocycles. The van der Waals surface area contributed by atoms with Gasteiger partial charge in [-0.3, -0.25) is 4.90 Å². The lowest BCUT2D eigenvalue weighted by Gasteiger charge is -2.38. The number of likely N-dealkylation sites (tertiary alicyclic amines) is 1. The van der Waals surface area contributed by atoms with E-state index < -0.39 is 0 Å². The predicted molar refractivity (Wildman–Crippen MR) is 91.5 cm³/mol. The van der Waals surface area contributed by atoms with E-state index >= 15 is 0 Å². The van der Waals surface area contributed by atoms with Crippen molar-refractivity contribution in [3.05, 3.63) is 60.1 Å². The summed E-state index contributed by atoms with van der Waals surface area (Å²) in [6.07, 6.45) is 7.02. The second-order valence-corrected chi connectivity index (χ2v) is 7.02. The van der Waals surface area contributed by atoms with Crippen molar-refractivity contribution in [2.24, 2.45) is 0 Å². The topological polar surface area (TPSA) is 34.8 Å². The molecule has 0 amide bonds. The second kappa shape index (κ2) is 7.09. The van der Waals surface area contributed by atoms with Gasteiger partial charge in [0.1, 0.15) is 0 Å². The molecule has 0 N–H and O–H groups in total. The Morgan fingerprint density at radius 3 is 2.67 bits per heavy atom. The van der Waals surface area contributed by atoms with E-state index in [4.69, 9.17) is 13.9 Å². The minimum atomic E-state index is 0.0360. The summed E-state index contributed by atoms with van der Waals surface area (Å²) in [5.74, 6) is 0. The molecule has 4 rings (SSSR count). The van der Waals surface area contributed by atoms with Crippen LogP contribution in [-0.2, 0) is 22.6 Å². The van der Waals surface area contributed by atoms with E-state index in [1.807, 2.05) is 18.4 Å². The second-order valence-electron chi connectivity index (χ2n) is 7.02. The van der Waals surface area contributed by atoms with Crippen LogP contribution >= 0.6 is 0 Å². The normalized spacial score (nSPS) is 23.8. The number of nitrogens with zero attached hydrogens (tertiary/aromatic N) is 1. The third-order valence-corrected chi connectivity index (χ3v) is 5.26. The molecule has 2 fully saturated rings. The Morgan fingerprint density at radius 1 is 1.08 bits per heavy atom. The largest absolute Gasteiger partial charge is 0.472 e. The monoisotopic (exact) mass is 327 g/mol. The van der Waals surface area contributed by atoms with Crippen molar-refractivity contribution in [3.63, 3.8) is 0 Å². The molecule has 4 heteroatoms. The summed E-state index contributed by atoms with van der Waals surface area (Å²) in [5.41, 5.74) is 2.52. The van der Waals surface area contributed by atoms with E-state index in [1.54, 1.807) is 6.26 Å². The van der Waals surface area contributed by atoms with E-state index in [2.05, 4.69) is 29.2 Å². The standard InChI is InChI=1S/C20H25NO3/c1-2-4-17(5-3-1)15-23-19-12-20(24-16-19)7-9-21(10-8-20)13-18-6-11-22-14-18/h1-6,11,14,19H,7-10,12-13,15-16H2. The Hall–Kier alpha value is -1.62. The van der Waals surface area contributed by atoms with Crippen molar-refractivity contribution in [2.75, 3.05) is 19.7 Å². The molecular weight excluding hydrogens is 302 g/mol. The number of furan rings is 1. The summed E-state index contributed by atoms with van der Waals surface area (Å²) in [7, 11) is 0. The van der Waals surface area contributed by atoms with Gasteiger partial charge in [0, 0.05) is 31.6 Å². The van der Waals surface area contributed by atoms with Crippen LogP contribution < -0.4 is 0 Å². The molecule has 1 unspecified atom stereocenters. The molecule has 2 saturated heterocycles. The number of hydrogen-bond acceptors (Lipinski definition) is 4. The zero-order valence-electron chi connectivity index (χ0n) is 14.0. The Kier molecular flexibility index (Phi) is 4.69. The summed E-state index contributed by atoms with van der Waals surface area (Å²) in [4.78, 5) is 2.48. The molecular formula is C20H25NO3. The maximum Gasteiger partial charge on any atom is 0.0947 e. The predicted octanol–water partition coefficient (Wildman–Crippen LogP) is 3.62. The first-order valence-electron chi connectivity index (χ1n) is 8.84. The third-order valence-electron chi connectivity index (χ3n) is 5.26. The molecule has 2 aliphatic rings. The maximum absolute atomic E-state index is 6.20. The van der Waals surface area contributed by atoms with E-state index in [-0.39, 0.29) is 11.7 Å². The van der Waals surface area contributed by atoms with Crippen LogP contribution in [0.5, 0.6) is 0 Å². The highest BCUT2D eigenvalue weighted by Gasteiger charge is 2.43. The van der Waals surface area contributed by atoms with Crippen molar-refractivity contribution in [1.82, 2.24) is 4.90 Å². The highest BCUT2D eigenvalue weighted by molar-refractivity contribution is 5.13. The minimum Gasteiger partial charge on any atom is -0.472 e. The van der Waals surface area contributed by atoms with Crippen LogP contribution in [0.25, 0.3) is 0 Å². The average molecular weight is 327 g/mol. The van der Waals surface area contributed by atoms with E-state index in [0.29, 0.717) is 6.61 Å². The Bertz CT molecular complexity index is 618. The highest BCUT2D eigenvalue weighted by Crippen LogP contribution is 2.37. The Morgan fingerprint density at radius 2 is 1.92 bits per heavy atom. The fraction of sp³-hybridized carbons (Fsp3) is 0.500. The number of piperidine rings is 1. The molecule has 1 aromatic carbocycles. The van der Waals surface area contributed by atoms with Gasteiger partial charge in [0.25, 0.3) is 0 Å². The Labute approximate surface area is 143 Å². The van der Waals surface area contributed by atoms with Crippen LogP contribution in [0.4, 0.5) is 0 Å². The third kappa shape index (κ3) is 3.72. The van der Waals surface area contributed by atoms with E-state index in [9.17, 15) is 0 Å². The number of hydrogen-bond donors (Lipinski definition) is 0. The molecule has 4 nitrogen and oxygen atoms in total. The van der Waals surface area contributed by atoms with E-state index in [0.717, 1.165) is 45.5 Å². The summed E-state index contributed by atoms with van der Waals surface area (Å²) in [6, 6.07) is 12.4. The molecule has 1 spiro atoms. The first kappa shape index (κ1) is 15.9. The summed E-state index contributed by atoms with van der Waals surface area (Å²) >= 11 is 0. The number of ether oxygens (including phenoxy) is 2. The van der Waals surface area contributed by atoms with Gasteiger partial charge < -0.3 is 13.9 Å². The van der Waals surface area contributed by atoms with Gasteiger partial charge in [0.05, 0.1) is 37.4 Å². The SMILES string of the molecule is c1ccc(COC2COC3(CCN(Cc4ccoc4)CC3)C2)cc1. The summed E-state index contributed by atoms with van der Waals surface area (Å²) < 4.78 is 17.4. The molecule has 0 saturated carbocycles. The van der Waals surface area contributed by atoms with Gasteiger partial charge in [-0.25, -0.2) is 0 Å². The van der Waals surface area contributed by atoms with Crippen LogP contribution in [0.2, 0.25) is 0 Å². The molecule has 128 valence electrons. The van der Waals surface area contributed by atoms with Gasteiger partial charge in [0.2, 0.25) is 0 Å². The highest BCUT2D eigenvalue weighted by atomic mass is 16.6. The molecule has 0 aliphatic carbocycles. The lowest BCUT2D eigenvalue weighted by Crippen LogP contribution is -2.43. The fourth-order valence-corrected chi connectivity index (χ4v) is 3.81. The first-order valence-corrected chi connectivity index (χ1v) is 8.84. The number of rotatable bonds is 5. The van der Waals surface area contributed by atoms with Gasteiger partial charge in [-0.2, -0.15) is 0 Å². The molecule has 1 atom stereocenters. The van der Waals surface area contributed by atoms with Gasteiger partial charge in [-0.1, -0.05) is 30.3 Å². The van der Waals surface area contributed by atoms with Crippen LogP contribution in [-0.4, -0.2) is 36.3 Å². The lowest BCUT2D eigenvalue weighted by molar-refractivity contribution is -0.0468. The Balaban J connectivity index is 1.24. The zero-order valence-corrected chi connectivity index (χ0v) is 14.0. The van der Waals surface area contributed by atoms with Crippen molar-refractivity contribution in [1.29, 1.82) is 0 Å². The minimum absolute atomic E-state index is 0.0360. The molecule has 3 heterocycles. The zero-order chi connectivity index (χ0) is 16.2. The molecule has 0 bridgehead atoms. The smallest absolute Gasteiger partial charge is 0.0947 e. The summed E-state index contributed by atoms with van der Waals surface area (Å²) in [6.45, 7) is 4.54. The van der Waals surface area contributed by atoms with Crippen LogP contribution in [0.1, 0.15) is 30.4 Å². The quantitative estimate of drug-likeness (QED) is 0.840. The van der Waals surface area contributed by atoms with Gasteiger partial charge >= 0.3 is 0 Å². The van der Waals surface area contributed by atoms with E-state index in [1.165, 1.54) is 11.1 Å². The van der Waals surface area contributed by atoms with Gasteiger partial charge in [-0.15, -0.1) is 0 Å². The van der Waals surface area contributed by atoms with Crippen molar-refractivity contribution >= 4 is 0 Å². The van der Waals surface area contributed by atoms with Gasteiger partial charge in [-0.05, 0) is 24.5 Å². The number of benzene rings is 1. The fourth-order valence-electron chi connectivity index (χ4n) is 3.81. The van der Waals surface area contributed by atoms with Gasteiger partial charge in [0.15, 0.2) is 0 Å². The van der Waals surface area contributed by atoms with Crippen LogP contribution in [0.15, 0.2) is 53.3 Å². The lowest BCUT2D eigenvalue weighted by atomic mass is 9.88. The maximum atomic E-state index is 6.20.